The van der Waals surface area contributed by atoms with Crippen molar-refractivity contribution in [3.8, 4) is 5.75 Å². The van der Waals surface area contributed by atoms with Crippen molar-refractivity contribution in [1.29, 1.82) is 0 Å². The largest absolute Gasteiger partial charge is 0.488 e. The summed E-state index contributed by atoms with van der Waals surface area (Å²) in [5, 5.41) is 0. The number of hydrogen-bond donors (Lipinski definition) is 1. The van der Waals surface area contributed by atoms with Crippen LogP contribution in [0.4, 0.5) is 9.57 Å². The van der Waals surface area contributed by atoms with Gasteiger partial charge in [0.2, 0.25) is 0 Å². The van der Waals surface area contributed by atoms with Crippen LogP contribution in [0.3, 0.4) is 0 Å². The van der Waals surface area contributed by atoms with Gasteiger partial charge in [0, 0.05) is 11.3 Å². The third-order valence-corrected chi connectivity index (χ3v) is 2.22. The number of halogens is 1. The van der Waals surface area contributed by atoms with E-state index in [-0.39, 0.29) is 18.5 Å². The van der Waals surface area contributed by atoms with Crippen molar-refractivity contribution in [3.05, 3.63) is 23.8 Å². The Kier molecular flexibility index (Phi) is 4.30. The van der Waals surface area contributed by atoms with Crippen molar-refractivity contribution in [2.24, 2.45) is 0 Å². The first-order valence-corrected chi connectivity index (χ1v) is 6.23. The van der Waals surface area contributed by atoms with Crippen LogP contribution < -0.4 is 9.92 Å². The van der Waals surface area contributed by atoms with E-state index in [2.05, 4.69) is 4.18 Å². The summed E-state index contributed by atoms with van der Waals surface area (Å²) >= 11 is 0. The highest BCUT2D eigenvalue weighted by Gasteiger charge is 2.14. The van der Waals surface area contributed by atoms with E-state index in [1.165, 1.54) is 18.2 Å². The van der Waals surface area contributed by atoms with Crippen molar-refractivity contribution < 1.29 is 21.2 Å². The monoisotopic (exact) mass is 263 g/mol. The van der Waals surface area contributed by atoms with Gasteiger partial charge in [-0.1, -0.05) is 3.89 Å². The van der Waals surface area contributed by atoms with E-state index in [1.807, 2.05) is 13.8 Å². The summed E-state index contributed by atoms with van der Waals surface area (Å²) in [5.41, 5.74) is 6.33. The highest BCUT2D eigenvalue weighted by atomic mass is 32.3. The molecular formula is C10H14FNO4S. The minimum absolute atomic E-state index is 0.0498. The number of anilines is 1. The second-order valence-electron chi connectivity index (χ2n) is 3.70. The normalized spacial score (nSPS) is 11.8. The lowest BCUT2D eigenvalue weighted by Crippen LogP contribution is -2.07. The summed E-state index contributed by atoms with van der Waals surface area (Å²) < 4.78 is 42.7. The Bertz CT molecular complexity index is 487. The zero-order valence-corrected chi connectivity index (χ0v) is 10.3. The molecule has 5 nitrogen and oxygen atoms in total. The van der Waals surface area contributed by atoms with Crippen molar-refractivity contribution in [2.45, 2.75) is 26.6 Å². The number of hydrogen-bond acceptors (Lipinski definition) is 5. The molecule has 0 aliphatic heterocycles. The molecule has 1 aromatic rings. The number of rotatable bonds is 5. The van der Waals surface area contributed by atoms with E-state index in [1.54, 1.807) is 0 Å². The van der Waals surface area contributed by atoms with E-state index >= 15 is 0 Å². The average molecular weight is 263 g/mol. The molecule has 0 spiro atoms. The summed E-state index contributed by atoms with van der Waals surface area (Å²) in [6, 6.07) is 4.17. The van der Waals surface area contributed by atoms with Gasteiger partial charge in [0.25, 0.3) is 0 Å². The Morgan fingerprint density at radius 1 is 1.41 bits per heavy atom. The molecular weight excluding hydrogens is 249 g/mol. The molecule has 0 saturated carbocycles. The smallest absolute Gasteiger partial charge is 0.399 e. The van der Waals surface area contributed by atoms with Crippen LogP contribution >= 0.6 is 0 Å². The molecule has 0 aromatic heterocycles. The Morgan fingerprint density at radius 2 is 2.06 bits per heavy atom. The molecule has 0 aliphatic rings. The van der Waals surface area contributed by atoms with Crippen LogP contribution in [-0.2, 0) is 21.8 Å². The van der Waals surface area contributed by atoms with E-state index in [9.17, 15) is 12.3 Å². The van der Waals surface area contributed by atoms with Crippen LogP contribution in [0.1, 0.15) is 19.4 Å². The van der Waals surface area contributed by atoms with Crippen LogP contribution in [0.5, 0.6) is 5.75 Å². The van der Waals surface area contributed by atoms with Gasteiger partial charge >= 0.3 is 10.5 Å². The molecule has 0 heterocycles. The maximum Gasteiger partial charge on any atom is 0.488 e. The molecule has 0 saturated heterocycles. The van der Waals surface area contributed by atoms with Crippen LogP contribution in [0.25, 0.3) is 0 Å². The molecule has 17 heavy (non-hydrogen) atoms. The Morgan fingerprint density at radius 3 is 2.59 bits per heavy atom. The Hall–Kier alpha value is -1.34. The predicted molar refractivity (Wildman–Crippen MR) is 61.4 cm³/mol. The molecule has 0 radical (unpaired) electrons. The fourth-order valence-corrected chi connectivity index (χ4v) is 1.53. The first-order chi connectivity index (χ1) is 7.78. The highest BCUT2D eigenvalue weighted by Crippen LogP contribution is 2.24. The van der Waals surface area contributed by atoms with E-state index in [4.69, 9.17) is 10.5 Å². The van der Waals surface area contributed by atoms with Gasteiger partial charge < -0.3 is 14.7 Å². The topological polar surface area (TPSA) is 78.6 Å². The molecule has 0 amide bonds. The van der Waals surface area contributed by atoms with Gasteiger partial charge in [0.1, 0.15) is 0 Å². The average Bonchev–Trinajstić information content (AvgIpc) is 2.16. The molecule has 2 N–H and O–H groups in total. The fraction of sp³-hybridized carbons (Fsp3) is 0.400. The third kappa shape index (κ3) is 5.01. The molecule has 1 rings (SSSR count). The van der Waals surface area contributed by atoms with Crippen LogP contribution in [0.15, 0.2) is 18.2 Å². The number of nitrogen functional groups attached to an aromatic ring is 1. The zero-order valence-electron chi connectivity index (χ0n) is 9.51. The molecule has 0 atom stereocenters. The molecule has 7 heteroatoms. The van der Waals surface area contributed by atoms with Crippen molar-refractivity contribution >= 4 is 16.2 Å². The number of ether oxygens (including phenoxy) is 1. The van der Waals surface area contributed by atoms with Gasteiger partial charge in [-0.15, -0.1) is 0 Å². The second-order valence-corrected chi connectivity index (χ2v) is 4.66. The van der Waals surface area contributed by atoms with Gasteiger partial charge in [-0.05, 0) is 32.0 Å². The third-order valence-electron chi connectivity index (χ3n) is 1.85. The van der Waals surface area contributed by atoms with Gasteiger partial charge in [0.05, 0.1) is 12.7 Å². The van der Waals surface area contributed by atoms with Crippen molar-refractivity contribution in [2.75, 3.05) is 5.73 Å². The van der Waals surface area contributed by atoms with Crippen LogP contribution in [-0.4, -0.2) is 14.5 Å². The van der Waals surface area contributed by atoms with Crippen LogP contribution in [0, 0.1) is 0 Å². The summed E-state index contributed by atoms with van der Waals surface area (Å²) in [6.45, 7) is 3.73. The fourth-order valence-electron chi connectivity index (χ4n) is 1.16. The van der Waals surface area contributed by atoms with E-state index in [0.717, 1.165) is 0 Å². The summed E-state index contributed by atoms with van der Waals surface area (Å²) in [4.78, 5) is 0. The minimum atomic E-state index is -5.05. The van der Waals surface area contributed by atoms with Crippen molar-refractivity contribution in [1.82, 2.24) is 0 Å². The van der Waals surface area contributed by atoms with Gasteiger partial charge in [-0.3, -0.25) is 0 Å². The maximum atomic E-state index is 12.4. The molecule has 1 aromatic carbocycles. The van der Waals surface area contributed by atoms with E-state index < -0.39 is 10.5 Å². The Labute approximate surface area is 99.8 Å². The summed E-state index contributed by atoms with van der Waals surface area (Å²) in [5.74, 6) is -0.123. The highest BCUT2D eigenvalue weighted by molar-refractivity contribution is 7.81. The van der Waals surface area contributed by atoms with Gasteiger partial charge in [-0.25, -0.2) is 0 Å². The lowest BCUT2D eigenvalue weighted by atomic mass is 10.2. The SMILES string of the molecule is CC(C)OCc1cc(N)ccc1OS(=O)(=O)F. The minimum Gasteiger partial charge on any atom is -0.399 e. The molecule has 0 aliphatic carbocycles. The lowest BCUT2D eigenvalue weighted by Gasteiger charge is -2.11. The van der Waals surface area contributed by atoms with Gasteiger partial charge in [0.15, 0.2) is 5.75 Å². The van der Waals surface area contributed by atoms with Crippen LogP contribution in [0.2, 0.25) is 0 Å². The summed E-state index contributed by atoms with van der Waals surface area (Å²) in [7, 11) is -5.05. The standard InChI is InChI=1S/C10H14FNO4S/c1-7(2)15-6-8-5-9(12)3-4-10(8)16-17(11,13)14/h3-5,7H,6,12H2,1-2H3. The first-order valence-electron chi connectivity index (χ1n) is 4.92. The molecule has 0 bridgehead atoms. The van der Waals surface area contributed by atoms with E-state index in [0.29, 0.717) is 11.3 Å². The quantitative estimate of drug-likeness (QED) is 0.647. The maximum absolute atomic E-state index is 12.4. The van der Waals surface area contributed by atoms with Crippen molar-refractivity contribution in [3.63, 3.8) is 0 Å². The number of benzene rings is 1. The zero-order chi connectivity index (χ0) is 13.1. The summed E-state index contributed by atoms with van der Waals surface area (Å²) in [6.07, 6.45) is -0.0498. The molecule has 0 fully saturated rings. The molecule has 96 valence electrons. The first kappa shape index (κ1) is 13.7. The molecule has 0 unspecified atom stereocenters. The Balaban J connectivity index is 2.95. The lowest BCUT2D eigenvalue weighted by molar-refractivity contribution is 0.0650. The second kappa shape index (κ2) is 5.33. The number of nitrogens with two attached hydrogens (primary N) is 1. The predicted octanol–water partition coefficient (Wildman–Crippen LogP) is 1.79. The van der Waals surface area contributed by atoms with Gasteiger partial charge in [-0.2, -0.15) is 8.42 Å².